The van der Waals surface area contributed by atoms with Gasteiger partial charge in [0.05, 0.1) is 0 Å². The van der Waals surface area contributed by atoms with E-state index in [9.17, 15) is 24.0 Å². The van der Waals surface area contributed by atoms with Gasteiger partial charge in [0.15, 0.2) is 0 Å². The molecule has 0 aliphatic rings. The third-order valence-electron chi connectivity index (χ3n) is 0.962. The van der Waals surface area contributed by atoms with Crippen LogP contribution < -0.4 is 0 Å². The quantitative estimate of drug-likeness (QED) is 0.447. The molecule has 0 spiro atoms. The van der Waals surface area contributed by atoms with Crippen LogP contribution in [0.25, 0.3) is 0 Å². The predicted molar refractivity (Wildman–Crippen MR) is 33.8 cm³/mol. The van der Waals surface area contributed by atoms with Crippen LogP contribution in [0.1, 0.15) is 0 Å². The molecule has 71 valence electrons. The summed E-state index contributed by atoms with van der Waals surface area (Å²) in [5, 5.41) is -0.750. The summed E-state index contributed by atoms with van der Waals surface area (Å²) >= 11 is -4.71. The minimum absolute atomic E-state index is 0. The summed E-state index contributed by atoms with van der Waals surface area (Å²) in [6.45, 7) is 0. The summed E-state index contributed by atoms with van der Waals surface area (Å²) in [7, 11) is 0. The molecule has 0 saturated heterocycles. The Morgan fingerprint density at radius 1 is 0.583 bits per heavy atom. The van der Waals surface area contributed by atoms with Gasteiger partial charge in [-0.1, -0.05) is 0 Å². The van der Waals surface area contributed by atoms with Gasteiger partial charge in [0.2, 0.25) is 0 Å². The van der Waals surface area contributed by atoms with Crippen molar-refractivity contribution in [1.29, 1.82) is 0 Å². The normalized spacial score (nSPS) is 12.5. The Hall–Kier alpha value is -0.611. The first-order valence-electron chi connectivity index (χ1n) is 2.20. The minimum Gasteiger partial charge on any atom is 0 e. The van der Waals surface area contributed by atoms with Gasteiger partial charge in [0.25, 0.3) is 0 Å². The van der Waals surface area contributed by atoms with Gasteiger partial charge in [-0.3, -0.25) is 0 Å². The van der Waals surface area contributed by atoms with E-state index in [1.54, 1.807) is 0 Å². The van der Waals surface area contributed by atoms with E-state index in [1.165, 1.54) is 0 Å². The maximum absolute atomic E-state index is 10.2. The van der Waals surface area contributed by atoms with E-state index in [2.05, 4.69) is 0 Å². The van der Waals surface area contributed by atoms with E-state index >= 15 is 0 Å². The molecule has 0 radical (unpaired) electrons. The first-order chi connectivity index (χ1) is 5.12. The van der Waals surface area contributed by atoms with Crippen LogP contribution in [0.4, 0.5) is 0 Å². The molecule has 0 saturated carbocycles. The van der Waals surface area contributed by atoms with Gasteiger partial charge in [-0.25, -0.2) is 0 Å². The third kappa shape index (κ3) is 1.76. The first-order valence-corrected chi connectivity index (χ1v) is 5.39. The Kier molecular flexibility index (Phi) is 5.14. The van der Waals surface area contributed by atoms with Crippen molar-refractivity contribution in [3.8, 4) is 0 Å². The monoisotopic (exact) mass is 257 g/mol. The van der Waals surface area contributed by atoms with E-state index in [-0.39, 0.29) is 43.0 Å². The number of rotatable bonds is 5. The maximum Gasteiger partial charge on any atom is 0 e. The van der Waals surface area contributed by atoms with Crippen LogP contribution in [0, 0.1) is 0 Å². The van der Waals surface area contributed by atoms with Gasteiger partial charge >= 0.3 is 61.7 Å². The fourth-order valence-corrected chi connectivity index (χ4v) is 0.810. The van der Waals surface area contributed by atoms with Gasteiger partial charge in [-0.05, 0) is 0 Å². The third-order valence-corrected chi connectivity index (χ3v) is 3.97. The molecular formula is C5H5Fe2O5. The summed E-state index contributed by atoms with van der Waals surface area (Å²) in [5.41, 5.74) is 0. The zero-order chi connectivity index (χ0) is 8.98. The van der Waals surface area contributed by atoms with Crippen LogP contribution in [0.2, 0.25) is 0 Å². The van der Waals surface area contributed by atoms with Crippen LogP contribution in [0.15, 0.2) is 0 Å². The van der Waals surface area contributed by atoms with Crippen molar-refractivity contribution in [2.24, 2.45) is 0 Å². The van der Waals surface area contributed by atoms with Crippen LogP contribution in [0.3, 0.4) is 0 Å². The average Bonchev–Trinajstić information content (AvgIpc) is 2.12. The standard InChI is InChI=1S/5CHO.2Fe/c5*1-2;;/h5*1H;;. The molecule has 0 heterocycles. The largest absolute Gasteiger partial charge is 0 e. The molecule has 0 fully saturated rings. The number of hydrogen-bond donors (Lipinski definition) is 0. The van der Waals surface area contributed by atoms with Crippen molar-refractivity contribution >= 4 is 25.9 Å². The molecule has 7 heteroatoms. The molecule has 0 bridgehead atoms. The molecule has 0 atom stereocenters. The molecule has 0 rings (SSSR count). The van der Waals surface area contributed by atoms with Gasteiger partial charge in [0, 0.05) is 17.1 Å². The van der Waals surface area contributed by atoms with Gasteiger partial charge in [-0.2, -0.15) is 0 Å². The van der Waals surface area contributed by atoms with Crippen molar-refractivity contribution in [1.82, 2.24) is 0 Å². The Morgan fingerprint density at radius 3 is 0.750 bits per heavy atom. The minimum atomic E-state index is -4.71. The molecule has 0 aliphatic carbocycles. The molecule has 0 amide bonds. The fraction of sp³-hybridized carbons (Fsp3) is 0. The van der Waals surface area contributed by atoms with Crippen LogP contribution in [0.5, 0.6) is 0 Å². The van der Waals surface area contributed by atoms with Crippen LogP contribution >= 0.6 is 0 Å². The van der Waals surface area contributed by atoms with Crippen molar-refractivity contribution in [2.45, 2.75) is 0 Å². The molecule has 5 nitrogen and oxygen atoms in total. The molecule has 0 aromatic heterocycles. The van der Waals surface area contributed by atoms with E-state index in [4.69, 9.17) is 0 Å². The maximum atomic E-state index is 10.2. The van der Waals surface area contributed by atoms with Gasteiger partial charge in [-0.15, -0.1) is 0 Å². The van der Waals surface area contributed by atoms with Gasteiger partial charge in [0.1, 0.15) is 0 Å². The van der Waals surface area contributed by atoms with Gasteiger partial charge < -0.3 is 0 Å². The van der Waals surface area contributed by atoms with E-state index in [0.717, 1.165) is 0 Å². The molecular weight excluding hydrogens is 252 g/mol. The van der Waals surface area contributed by atoms with Crippen LogP contribution in [-0.2, 0) is 52.8 Å². The smallest absolute Gasteiger partial charge is 0 e. The number of carbonyl (C=O) groups is 5. The predicted octanol–water partition coefficient (Wildman–Crippen LogP) is -1.38. The first kappa shape index (κ1) is 13.9. The second kappa shape index (κ2) is 4.42. The zero-order valence-electron chi connectivity index (χ0n) is 5.64. The Bertz CT molecular complexity index is 172. The van der Waals surface area contributed by atoms with E-state index < -0.39 is 11.8 Å². The summed E-state index contributed by atoms with van der Waals surface area (Å²) in [4.78, 5) is 51.1. The van der Waals surface area contributed by atoms with E-state index in [0.29, 0.717) is 0 Å². The number of hydrogen-bond acceptors (Lipinski definition) is 5. The molecule has 0 unspecified atom stereocenters. The fourth-order valence-electron chi connectivity index (χ4n) is 0.196. The Balaban J connectivity index is 0. The molecule has 0 aliphatic heterocycles. The summed E-state index contributed by atoms with van der Waals surface area (Å²) in [6.07, 6.45) is 0. The van der Waals surface area contributed by atoms with Crippen molar-refractivity contribution in [3.05, 3.63) is 0 Å². The Morgan fingerprint density at radius 2 is 0.750 bits per heavy atom. The SMILES string of the molecule is O=[CH][Fe]([CH]=O)([CH]=O)([CH]=O)[CH]=O.[Fe]. The van der Waals surface area contributed by atoms with Crippen molar-refractivity contribution < 1.29 is 52.8 Å². The Labute approximate surface area is 78.9 Å². The summed E-state index contributed by atoms with van der Waals surface area (Å²) < 4.78 is 0. The van der Waals surface area contributed by atoms with Crippen molar-refractivity contribution in [2.75, 3.05) is 0 Å². The molecule has 0 aromatic carbocycles. The second-order valence-electron chi connectivity index (χ2n) is 1.60. The zero-order valence-corrected chi connectivity index (χ0v) is 7.84. The molecule has 0 N–H and O–H groups in total. The summed E-state index contributed by atoms with van der Waals surface area (Å²) in [6, 6.07) is 0. The van der Waals surface area contributed by atoms with E-state index in [1.807, 2.05) is 0 Å². The molecule has 0 aromatic rings. The average molecular weight is 257 g/mol. The number of carbonyl (C=O) groups excluding carboxylic acids is 5. The van der Waals surface area contributed by atoms with Crippen molar-refractivity contribution in [3.63, 3.8) is 0 Å². The topological polar surface area (TPSA) is 85.3 Å². The summed E-state index contributed by atoms with van der Waals surface area (Å²) in [5.74, 6) is 0. The molecule has 12 heavy (non-hydrogen) atoms. The van der Waals surface area contributed by atoms with Crippen LogP contribution in [-0.4, -0.2) is 25.9 Å². The second-order valence-corrected chi connectivity index (χ2v) is 6.58.